The van der Waals surface area contributed by atoms with Crippen molar-refractivity contribution >= 4 is 24.6 Å². The van der Waals surface area contributed by atoms with Crippen molar-refractivity contribution in [2.24, 2.45) is 11.1 Å². The predicted molar refractivity (Wildman–Crippen MR) is 140 cm³/mol. The van der Waals surface area contributed by atoms with Gasteiger partial charge in [0.1, 0.15) is 5.69 Å². The second-order valence-electron chi connectivity index (χ2n) is 10.5. The van der Waals surface area contributed by atoms with Crippen LogP contribution in [0.4, 0.5) is 0 Å². The van der Waals surface area contributed by atoms with Crippen LogP contribution in [-0.2, 0) is 16.1 Å². The molecule has 1 unspecified atom stereocenters. The average Bonchev–Trinajstić information content (AvgIpc) is 3.63. The first-order valence-corrected chi connectivity index (χ1v) is 13.0. The van der Waals surface area contributed by atoms with Gasteiger partial charge in [-0.15, -0.1) is 0 Å². The third kappa shape index (κ3) is 6.58. The van der Waals surface area contributed by atoms with Gasteiger partial charge in [-0.3, -0.25) is 14.3 Å². The Labute approximate surface area is 217 Å². The molecule has 1 aromatic carbocycles. The fraction of sp³-hybridized carbons (Fsp3) is 0.538. The van der Waals surface area contributed by atoms with Crippen molar-refractivity contribution < 1.29 is 24.5 Å². The first-order chi connectivity index (χ1) is 17.8. The zero-order chi connectivity index (χ0) is 26.4. The summed E-state index contributed by atoms with van der Waals surface area (Å²) in [4.78, 5) is 32.2. The molecule has 10 nitrogen and oxygen atoms in total. The number of benzene rings is 1. The minimum absolute atomic E-state index is 0.122. The van der Waals surface area contributed by atoms with Crippen LogP contribution in [0.5, 0.6) is 0 Å². The number of nitrogens with one attached hydrogen (secondary N) is 2. The standard InChI is InChI=1S/C26H36BN5O5/c1-18(2)14-23(27(35)36)30-25(34)26(15-19-8-4-3-5-9-19)16-20(31-37-26)17-28-24(33)22-12-13-29-32(22)21-10-6-7-11-21/h3-5,8-9,12-13,18,21,23,35-36H,6-7,10-11,14-17H2,1-2H3,(H,28,33)(H,30,34)/t23-,26?/m0/s1. The highest BCUT2D eigenvalue weighted by Crippen LogP contribution is 2.31. The van der Waals surface area contributed by atoms with Gasteiger partial charge in [-0.25, -0.2) is 0 Å². The molecular weight excluding hydrogens is 473 g/mol. The van der Waals surface area contributed by atoms with Crippen LogP contribution in [0.3, 0.4) is 0 Å². The van der Waals surface area contributed by atoms with E-state index in [0.29, 0.717) is 17.8 Å². The topological polar surface area (TPSA) is 138 Å². The van der Waals surface area contributed by atoms with Crippen LogP contribution in [0.15, 0.2) is 47.8 Å². The maximum atomic E-state index is 13.5. The molecule has 4 rings (SSSR count). The van der Waals surface area contributed by atoms with E-state index in [0.717, 1.165) is 31.2 Å². The normalized spacial score (nSPS) is 20.4. The van der Waals surface area contributed by atoms with E-state index < -0.39 is 24.6 Å². The van der Waals surface area contributed by atoms with Crippen LogP contribution in [0.1, 0.15) is 74.5 Å². The summed E-state index contributed by atoms with van der Waals surface area (Å²) in [5, 5.41) is 33.8. The first kappa shape index (κ1) is 26.9. The molecule has 2 aliphatic rings. The third-order valence-electron chi connectivity index (χ3n) is 7.01. The lowest BCUT2D eigenvalue weighted by molar-refractivity contribution is -0.144. The van der Waals surface area contributed by atoms with Crippen LogP contribution in [0.25, 0.3) is 0 Å². The van der Waals surface area contributed by atoms with Crippen LogP contribution < -0.4 is 10.6 Å². The Morgan fingerprint density at radius 2 is 1.92 bits per heavy atom. The van der Waals surface area contributed by atoms with Crippen molar-refractivity contribution in [1.29, 1.82) is 0 Å². The molecule has 198 valence electrons. The van der Waals surface area contributed by atoms with Gasteiger partial charge in [-0.1, -0.05) is 62.2 Å². The molecule has 1 aliphatic heterocycles. The molecule has 2 heterocycles. The molecule has 0 saturated heterocycles. The Hall–Kier alpha value is -3.18. The van der Waals surface area contributed by atoms with Crippen LogP contribution in [0, 0.1) is 5.92 Å². The van der Waals surface area contributed by atoms with Crippen LogP contribution in [0.2, 0.25) is 0 Å². The number of aromatic nitrogens is 2. The van der Waals surface area contributed by atoms with Crippen molar-refractivity contribution in [1.82, 2.24) is 20.4 Å². The summed E-state index contributed by atoms with van der Waals surface area (Å²) in [6.45, 7) is 4.00. The van der Waals surface area contributed by atoms with E-state index in [1.807, 2.05) is 44.2 Å². The van der Waals surface area contributed by atoms with Crippen LogP contribution >= 0.6 is 0 Å². The fourth-order valence-electron chi connectivity index (χ4n) is 5.13. The second kappa shape index (κ2) is 11.9. The number of carbonyl (C=O) groups excluding carboxylic acids is 2. The van der Waals surface area contributed by atoms with Gasteiger partial charge < -0.3 is 25.5 Å². The number of amides is 2. The molecule has 4 N–H and O–H groups in total. The van der Waals surface area contributed by atoms with Gasteiger partial charge in [0.15, 0.2) is 0 Å². The molecule has 0 radical (unpaired) electrons. The lowest BCUT2D eigenvalue weighted by Gasteiger charge is -2.29. The van der Waals surface area contributed by atoms with E-state index in [2.05, 4.69) is 20.9 Å². The van der Waals surface area contributed by atoms with Crippen molar-refractivity contribution in [2.75, 3.05) is 6.54 Å². The quantitative estimate of drug-likeness (QED) is 0.342. The van der Waals surface area contributed by atoms with Gasteiger partial charge in [-0.05, 0) is 36.8 Å². The van der Waals surface area contributed by atoms with E-state index >= 15 is 0 Å². The zero-order valence-electron chi connectivity index (χ0n) is 21.5. The van der Waals surface area contributed by atoms with Gasteiger partial charge in [0.25, 0.3) is 11.8 Å². The summed E-state index contributed by atoms with van der Waals surface area (Å²) in [7, 11) is -1.70. The highest BCUT2D eigenvalue weighted by atomic mass is 16.7. The van der Waals surface area contributed by atoms with Gasteiger partial charge in [0.2, 0.25) is 5.60 Å². The molecule has 0 spiro atoms. The molecule has 0 bridgehead atoms. The number of hydrogen-bond donors (Lipinski definition) is 4. The minimum atomic E-state index is -1.70. The number of carbonyl (C=O) groups is 2. The third-order valence-corrected chi connectivity index (χ3v) is 7.01. The van der Waals surface area contributed by atoms with Gasteiger partial charge in [-0.2, -0.15) is 5.10 Å². The van der Waals surface area contributed by atoms with E-state index in [-0.39, 0.29) is 37.3 Å². The van der Waals surface area contributed by atoms with Crippen molar-refractivity contribution in [3.05, 3.63) is 53.9 Å². The van der Waals surface area contributed by atoms with Gasteiger partial charge in [0.05, 0.1) is 24.2 Å². The summed E-state index contributed by atoms with van der Waals surface area (Å²) in [5.74, 6) is -1.43. The SMILES string of the molecule is CC(C)C[C@H](NC(=O)C1(Cc2ccccc2)CC(CNC(=O)c2ccnn2C2CCCC2)=NO1)B(O)O. The fourth-order valence-corrected chi connectivity index (χ4v) is 5.13. The summed E-state index contributed by atoms with van der Waals surface area (Å²) in [5.41, 5.74) is 0.546. The summed E-state index contributed by atoms with van der Waals surface area (Å²) >= 11 is 0. The van der Waals surface area contributed by atoms with E-state index in [1.165, 1.54) is 0 Å². The number of hydrogen-bond acceptors (Lipinski definition) is 7. The van der Waals surface area contributed by atoms with Crippen molar-refractivity contribution in [3.8, 4) is 0 Å². The maximum Gasteiger partial charge on any atom is 0.475 e. The Balaban J connectivity index is 1.44. The highest BCUT2D eigenvalue weighted by Gasteiger charge is 2.48. The molecular formula is C26H36BN5O5. The first-order valence-electron chi connectivity index (χ1n) is 13.0. The zero-order valence-corrected chi connectivity index (χ0v) is 21.5. The Kier molecular flexibility index (Phi) is 8.65. The lowest BCUT2D eigenvalue weighted by atomic mass is 9.74. The molecule has 37 heavy (non-hydrogen) atoms. The largest absolute Gasteiger partial charge is 0.475 e. The molecule has 2 atom stereocenters. The van der Waals surface area contributed by atoms with Gasteiger partial charge in [0, 0.05) is 19.0 Å². The summed E-state index contributed by atoms with van der Waals surface area (Å²) < 4.78 is 1.80. The molecule has 11 heteroatoms. The molecule has 1 aliphatic carbocycles. The highest BCUT2D eigenvalue weighted by molar-refractivity contribution is 6.43. The molecule has 1 fully saturated rings. The maximum absolute atomic E-state index is 13.5. The Morgan fingerprint density at radius 1 is 1.19 bits per heavy atom. The van der Waals surface area contributed by atoms with E-state index in [9.17, 15) is 19.6 Å². The summed E-state index contributed by atoms with van der Waals surface area (Å²) in [6.07, 6.45) is 6.73. The second-order valence-corrected chi connectivity index (χ2v) is 10.5. The number of oxime groups is 1. The Morgan fingerprint density at radius 3 is 2.59 bits per heavy atom. The summed E-state index contributed by atoms with van der Waals surface area (Å²) in [6, 6.07) is 11.4. The number of rotatable bonds is 11. The van der Waals surface area contributed by atoms with Crippen LogP contribution in [-0.4, -0.2) is 62.6 Å². The Bertz CT molecular complexity index is 1100. The molecule has 2 aromatic rings. The minimum Gasteiger partial charge on any atom is -0.426 e. The monoisotopic (exact) mass is 509 g/mol. The van der Waals surface area contributed by atoms with Crippen molar-refractivity contribution in [3.63, 3.8) is 0 Å². The van der Waals surface area contributed by atoms with Crippen molar-refractivity contribution in [2.45, 2.75) is 76.4 Å². The molecule has 1 saturated carbocycles. The van der Waals surface area contributed by atoms with Gasteiger partial charge >= 0.3 is 7.12 Å². The lowest BCUT2D eigenvalue weighted by Crippen LogP contribution is -2.56. The van der Waals surface area contributed by atoms with E-state index in [1.54, 1.807) is 16.9 Å². The molecule has 2 amide bonds. The average molecular weight is 509 g/mol. The predicted octanol–water partition coefficient (Wildman–Crippen LogP) is 2.03. The van der Waals surface area contributed by atoms with E-state index in [4.69, 9.17) is 4.84 Å². The molecule has 1 aromatic heterocycles. The number of nitrogens with zero attached hydrogens (tertiary/aromatic N) is 3. The smallest absolute Gasteiger partial charge is 0.426 e.